The van der Waals surface area contributed by atoms with E-state index in [9.17, 15) is 9.18 Å². The Labute approximate surface area is 107 Å². The molecule has 0 heterocycles. The highest BCUT2D eigenvalue weighted by molar-refractivity contribution is 5.77. The molecule has 0 saturated carbocycles. The van der Waals surface area contributed by atoms with Gasteiger partial charge in [-0.15, -0.1) is 0 Å². The van der Waals surface area contributed by atoms with E-state index in [1.165, 1.54) is 13.2 Å². The van der Waals surface area contributed by atoms with Gasteiger partial charge in [-0.1, -0.05) is 6.07 Å². The molecule has 1 unspecified atom stereocenters. The first-order chi connectivity index (χ1) is 8.58. The summed E-state index contributed by atoms with van der Waals surface area (Å²) in [5.41, 5.74) is 0.514. The van der Waals surface area contributed by atoms with E-state index >= 15 is 0 Å². The van der Waals surface area contributed by atoms with Crippen LogP contribution in [0.2, 0.25) is 0 Å². The van der Waals surface area contributed by atoms with Gasteiger partial charge in [-0.3, -0.25) is 4.79 Å². The van der Waals surface area contributed by atoms with Crippen LogP contribution in [0, 0.1) is 5.82 Å². The lowest BCUT2D eigenvalue weighted by Crippen LogP contribution is -2.35. The number of carbonyl (C=O) groups is 1. The summed E-state index contributed by atoms with van der Waals surface area (Å²) in [5.74, 6) is 0.0377. The Morgan fingerprint density at radius 1 is 1.50 bits per heavy atom. The van der Waals surface area contributed by atoms with Crippen molar-refractivity contribution in [1.29, 1.82) is 0 Å². The molecule has 0 aliphatic rings. The van der Waals surface area contributed by atoms with Crippen LogP contribution in [0.4, 0.5) is 4.39 Å². The number of likely N-dealkylation sites (N-methyl/N-ethyl adjacent to an activating group) is 1. The summed E-state index contributed by atoms with van der Waals surface area (Å²) in [7, 11) is 1.49. The van der Waals surface area contributed by atoms with Crippen LogP contribution in [-0.4, -0.2) is 26.1 Å². The van der Waals surface area contributed by atoms with Crippen LogP contribution in [0.5, 0.6) is 5.75 Å². The molecule has 2 N–H and O–H groups in total. The van der Waals surface area contributed by atoms with Crippen LogP contribution >= 0.6 is 0 Å². The summed E-state index contributed by atoms with van der Waals surface area (Å²) < 4.78 is 18.7. The minimum Gasteiger partial charge on any atom is -0.497 e. The summed E-state index contributed by atoms with van der Waals surface area (Å²) in [6, 6.07) is 4.45. The number of rotatable bonds is 6. The Balaban J connectivity index is 2.61. The standard InChI is InChI=1S/C13H19FN2O2/c1-4-15-13(17)8-16-9(2)11-6-5-10(18-3)7-12(11)14/h5-7,9,16H,4,8H2,1-3H3,(H,15,17). The molecular weight excluding hydrogens is 235 g/mol. The van der Waals surface area contributed by atoms with E-state index in [2.05, 4.69) is 10.6 Å². The molecule has 4 nitrogen and oxygen atoms in total. The predicted octanol–water partition coefficient (Wildman–Crippen LogP) is 1.62. The molecule has 1 atom stereocenters. The van der Waals surface area contributed by atoms with Crippen molar-refractivity contribution in [3.05, 3.63) is 29.6 Å². The first kappa shape index (κ1) is 14.4. The normalized spacial score (nSPS) is 12.0. The number of methoxy groups -OCH3 is 1. The van der Waals surface area contributed by atoms with E-state index < -0.39 is 0 Å². The van der Waals surface area contributed by atoms with E-state index in [-0.39, 0.29) is 24.3 Å². The molecule has 100 valence electrons. The zero-order valence-electron chi connectivity index (χ0n) is 10.9. The first-order valence-corrected chi connectivity index (χ1v) is 5.92. The number of benzene rings is 1. The second kappa shape index (κ2) is 6.96. The first-order valence-electron chi connectivity index (χ1n) is 5.92. The molecule has 1 rings (SSSR count). The fourth-order valence-electron chi connectivity index (χ4n) is 1.60. The summed E-state index contributed by atoms with van der Waals surface area (Å²) in [5, 5.41) is 5.64. The maximum Gasteiger partial charge on any atom is 0.233 e. The Morgan fingerprint density at radius 2 is 2.22 bits per heavy atom. The highest BCUT2D eigenvalue weighted by Crippen LogP contribution is 2.21. The number of nitrogens with one attached hydrogen (secondary N) is 2. The van der Waals surface area contributed by atoms with Crippen molar-refractivity contribution in [1.82, 2.24) is 10.6 Å². The zero-order chi connectivity index (χ0) is 13.5. The summed E-state index contributed by atoms with van der Waals surface area (Å²) in [4.78, 5) is 11.3. The van der Waals surface area contributed by atoms with Crippen molar-refractivity contribution in [3.63, 3.8) is 0 Å². The van der Waals surface area contributed by atoms with E-state index in [0.717, 1.165) is 0 Å². The highest BCUT2D eigenvalue weighted by Gasteiger charge is 2.12. The van der Waals surface area contributed by atoms with Crippen LogP contribution in [0.1, 0.15) is 25.5 Å². The Hall–Kier alpha value is -1.62. The molecule has 0 fully saturated rings. The van der Waals surface area contributed by atoms with Gasteiger partial charge in [0.1, 0.15) is 11.6 Å². The summed E-state index contributed by atoms with van der Waals surface area (Å²) in [6.45, 7) is 4.42. The largest absolute Gasteiger partial charge is 0.497 e. The Morgan fingerprint density at radius 3 is 2.78 bits per heavy atom. The van der Waals surface area contributed by atoms with E-state index in [0.29, 0.717) is 17.9 Å². The third-order valence-electron chi connectivity index (χ3n) is 2.62. The number of hydrogen-bond donors (Lipinski definition) is 2. The lowest BCUT2D eigenvalue weighted by molar-refractivity contribution is -0.120. The molecule has 0 aliphatic carbocycles. The van der Waals surface area contributed by atoms with Gasteiger partial charge < -0.3 is 15.4 Å². The monoisotopic (exact) mass is 254 g/mol. The van der Waals surface area contributed by atoms with Gasteiger partial charge in [0, 0.05) is 24.2 Å². The molecule has 0 bridgehead atoms. The lowest BCUT2D eigenvalue weighted by atomic mass is 10.1. The third-order valence-corrected chi connectivity index (χ3v) is 2.62. The SMILES string of the molecule is CCNC(=O)CNC(C)c1ccc(OC)cc1F. The van der Waals surface area contributed by atoms with Gasteiger partial charge in [0.05, 0.1) is 13.7 Å². The number of carbonyl (C=O) groups excluding carboxylic acids is 1. The Bertz CT molecular complexity index is 410. The average Bonchev–Trinajstić information content (AvgIpc) is 2.36. The minimum atomic E-state index is -0.342. The van der Waals surface area contributed by atoms with Gasteiger partial charge in [0.2, 0.25) is 5.91 Å². The lowest BCUT2D eigenvalue weighted by Gasteiger charge is -2.15. The molecule has 1 amide bonds. The van der Waals surface area contributed by atoms with Crippen molar-refractivity contribution in [2.24, 2.45) is 0 Å². The molecular formula is C13H19FN2O2. The highest BCUT2D eigenvalue weighted by atomic mass is 19.1. The van der Waals surface area contributed by atoms with Crippen molar-refractivity contribution in [3.8, 4) is 5.75 Å². The van der Waals surface area contributed by atoms with Crippen LogP contribution in [-0.2, 0) is 4.79 Å². The Kier molecular flexibility index (Phi) is 5.58. The molecule has 18 heavy (non-hydrogen) atoms. The molecule has 5 heteroatoms. The maximum absolute atomic E-state index is 13.7. The second-order valence-electron chi connectivity index (χ2n) is 3.94. The predicted molar refractivity (Wildman–Crippen MR) is 68.1 cm³/mol. The molecule has 0 radical (unpaired) electrons. The van der Waals surface area contributed by atoms with Gasteiger partial charge in [-0.05, 0) is 19.9 Å². The average molecular weight is 254 g/mol. The van der Waals surface area contributed by atoms with E-state index in [1.54, 1.807) is 12.1 Å². The fourth-order valence-corrected chi connectivity index (χ4v) is 1.60. The van der Waals surface area contributed by atoms with Crippen LogP contribution in [0.15, 0.2) is 18.2 Å². The number of ether oxygens (including phenoxy) is 1. The molecule has 1 aromatic carbocycles. The number of amides is 1. The van der Waals surface area contributed by atoms with Crippen LogP contribution in [0.25, 0.3) is 0 Å². The number of halogens is 1. The van der Waals surface area contributed by atoms with Crippen LogP contribution in [0.3, 0.4) is 0 Å². The molecule has 1 aromatic rings. The minimum absolute atomic E-state index is 0.0988. The molecule has 0 spiro atoms. The van der Waals surface area contributed by atoms with Crippen LogP contribution < -0.4 is 15.4 Å². The molecule has 0 saturated heterocycles. The van der Waals surface area contributed by atoms with Gasteiger partial charge in [0.15, 0.2) is 0 Å². The third kappa shape index (κ3) is 4.00. The van der Waals surface area contributed by atoms with Gasteiger partial charge in [-0.2, -0.15) is 0 Å². The van der Waals surface area contributed by atoms with Gasteiger partial charge in [0.25, 0.3) is 0 Å². The zero-order valence-corrected chi connectivity index (χ0v) is 10.9. The van der Waals surface area contributed by atoms with Crippen molar-refractivity contribution >= 4 is 5.91 Å². The number of hydrogen-bond acceptors (Lipinski definition) is 3. The summed E-state index contributed by atoms with van der Waals surface area (Å²) >= 11 is 0. The van der Waals surface area contributed by atoms with Crippen molar-refractivity contribution in [2.75, 3.05) is 20.2 Å². The summed E-state index contributed by atoms with van der Waals surface area (Å²) in [6.07, 6.45) is 0. The van der Waals surface area contributed by atoms with Crippen molar-refractivity contribution < 1.29 is 13.9 Å². The van der Waals surface area contributed by atoms with Crippen molar-refractivity contribution in [2.45, 2.75) is 19.9 Å². The topological polar surface area (TPSA) is 50.4 Å². The quantitative estimate of drug-likeness (QED) is 0.811. The van der Waals surface area contributed by atoms with Gasteiger partial charge in [-0.25, -0.2) is 4.39 Å². The van der Waals surface area contributed by atoms with E-state index in [4.69, 9.17) is 4.74 Å². The fraction of sp³-hybridized carbons (Fsp3) is 0.462. The van der Waals surface area contributed by atoms with Gasteiger partial charge >= 0.3 is 0 Å². The molecule has 0 aliphatic heterocycles. The molecule has 0 aromatic heterocycles. The van der Waals surface area contributed by atoms with E-state index in [1.807, 2.05) is 13.8 Å². The maximum atomic E-state index is 13.7. The smallest absolute Gasteiger partial charge is 0.233 e. The second-order valence-corrected chi connectivity index (χ2v) is 3.94.